The van der Waals surface area contributed by atoms with E-state index in [1.54, 1.807) is 0 Å². The summed E-state index contributed by atoms with van der Waals surface area (Å²) in [5.74, 6) is 0. The Bertz CT molecular complexity index is 188. The topological polar surface area (TPSA) is 36.9 Å². The second kappa shape index (κ2) is 6.14. The molecule has 1 spiro atoms. The van der Waals surface area contributed by atoms with Crippen LogP contribution in [0.2, 0.25) is 0 Å². The first kappa shape index (κ1) is 13.3. The minimum Gasteiger partial charge on any atom is -0.352 e. The molecule has 0 N–H and O–H groups in total. The molecule has 0 bridgehead atoms. The van der Waals surface area contributed by atoms with Crippen LogP contribution >= 0.6 is 0 Å². The van der Waals surface area contributed by atoms with Gasteiger partial charge in [-0.25, -0.2) is 0 Å². The minimum absolute atomic E-state index is 0.130. The molecule has 2 rings (SSSR count). The molecular formula is C13H20O4. The predicted octanol–water partition coefficient (Wildman–Crippen LogP) is 1.70. The molecule has 0 aliphatic carbocycles. The van der Waals surface area contributed by atoms with E-state index in [0.29, 0.717) is 39.3 Å². The molecule has 2 aliphatic rings. The van der Waals surface area contributed by atoms with Crippen LogP contribution in [0.5, 0.6) is 0 Å². The molecule has 2 aliphatic heterocycles. The fourth-order valence-electron chi connectivity index (χ4n) is 1.99. The van der Waals surface area contributed by atoms with Gasteiger partial charge in [-0.1, -0.05) is 13.8 Å². The monoisotopic (exact) mass is 240 g/mol. The number of rotatable bonds is 4. The molecule has 0 unspecified atom stereocenters. The van der Waals surface area contributed by atoms with Gasteiger partial charge in [-0.15, -0.1) is 0 Å². The van der Waals surface area contributed by atoms with Gasteiger partial charge in [0.15, 0.2) is 12.6 Å². The quantitative estimate of drug-likeness (QED) is 0.749. The molecule has 96 valence electrons. The van der Waals surface area contributed by atoms with Crippen LogP contribution in [0.3, 0.4) is 0 Å². The Kier molecular flexibility index (Phi) is 4.79. The smallest absolute Gasteiger partial charge is 0.158 e. The van der Waals surface area contributed by atoms with E-state index >= 15 is 0 Å². The lowest BCUT2D eigenvalue weighted by molar-refractivity contribution is -0.301. The first-order valence-corrected chi connectivity index (χ1v) is 6.04. The number of hydrogen-bond acceptors (Lipinski definition) is 4. The van der Waals surface area contributed by atoms with Gasteiger partial charge >= 0.3 is 0 Å². The Labute approximate surface area is 104 Å². The van der Waals surface area contributed by atoms with Gasteiger partial charge in [0.2, 0.25) is 0 Å². The highest BCUT2D eigenvalue weighted by molar-refractivity contribution is 4.85. The fourth-order valence-corrected chi connectivity index (χ4v) is 1.99. The zero-order valence-electron chi connectivity index (χ0n) is 10.5. The van der Waals surface area contributed by atoms with Crippen molar-refractivity contribution in [3.8, 4) is 0 Å². The Morgan fingerprint density at radius 2 is 1.18 bits per heavy atom. The molecule has 4 nitrogen and oxygen atoms in total. The van der Waals surface area contributed by atoms with Crippen molar-refractivity contribution in [3.63, 3.8) is 0 Å². The third-order valence-electron chi connectivity index (χ3n) is 3.04. The average Bonchev–Trinajstić information content (AvgIpc) is 2.36. The van der Waals surface area contributed by atoms with Crippen molar-refractivity contribution in [3.05, 3.63) is 12.8 Å². The van der Waals surface area contributed by atoms with E-state index in [0.717, 1.165) is 0 Å². The highest BCUT2D eigenvalue weighted by Crippen LogP contribution is 2.31. The molecule has 4 radical (unpaired) electrons. The summed E-state index contributed by atoms with van der Waals surface area (Å²) < 4.78 is 22.6. The van der Waals surface area contributed by atoms with E-state index in [2.05, 4.69) is 12.8 Å². The highest BCUT2D eigenvalue weighted by Gasteiger charge is 2.41. The van der Waals surface area contributed by atoms with Gasteiger partial charge in [0.1, 0.15) is 0 Å². The van der Waals surface area contributed by atoms with Crippen LogP contribution in [-0.4, -0.2) is 39.0 Å². The molecule has 0 amide bonds. The van der Waals surface area contributed by atoms with Crippen LogP contribution in [0.4, 0.5) is 0 Å². The van der Waals surface area contributed by atoms with Crippen LogP contribution in [0.1, 0.15) is 26.7 Å². The molecule has 4 heteroatoms. The van der Waals surface area contributed by atoms with Crippen LogP contribution in [-0.2, 0) is 18.9 Å². The van der Waals surface area contributed by atoms with Crippen molar-refractivity contribution in [1.29, 1.82) is 0 Å². The van der Waals surface area contributed by atoms with Crippen molar-refractivity contribution in [2.45, 2.75) is 39.3 Å². The van der Waals surface area contributed by atoms with Gasteiger partial charge in [0.25, 0.3) is 0 Å². The van der Waals surface area contributed by atoms with Crippen LogP contribution in [0.25, 0.3) is 0 Å². The maximum atomic E-state index is 5.65. The summed E-state index contributed by atoms with van der Waals surface area (Å²) in [6.07, 6.45) is 7.18. The first-order chi connectivity index (χ1) is 8.28. The Balaban J connectivity index is 1.76. The summed E-state index contributed by atoms with van der Waals surface area (Å²) >= 11 is 0. The molecule has 0 aromatic heterocycles. The molecule has 0 saturated carbocycles. The second-order valence-electron chi connectivity index (χ2n) is 4.72. The minimum atomic E-state index is -0.152. The van der Waals surface area contributed by atoms with Gasteiger partial charge < -0.3 is 18.9 Å². The second-order valence-corrected chi connectivity index (χ2v) is 4.72. The molecule has 0 atom stereocenters. The largest absolute Gasteiger partial charge is 0.352 e. The zero-order chi connectivity index (χ0) is 12.1. The van der Waals surface area contributed by atoms with E-state index in [1.165, 1.54) is 0 Å². The van der Waals surface area contributed by atoms with E-state index < -0.39 is 0 Å². The molecule has 0 aromatic rings. The summed E-state index contributed by atoms with van der Waals surface area (Å²) in [6.45, 7) is 6.28. The Morgan fingerprint density at radius 3 is 1.47 bits per heavy atom. The van der Waals surface area contributed by atoms with Crippen molar-refractivity contribution < 1.29 is 18.9 Å². The fraction of sp³-hybridized carbons (Fsp3) is 0.846. The lowest BCUT2D eigenvalue weighted by atomic mass is 9.90. The summed E-state index contributed by atoms with van der Waals surface area (Å²) in [4.78, 5) is 0. The molecular weight excluding hydrogens is 220 g/mol. The molecule has 2 heterocycles. The summed E-state index contributed by atoms with van der Waals surface area (Å²) in [5, 5.41) is 0. The van der Waals surface area contributed by atoms with Gasteiger partial charge in [-0.05, 0) is 12.8 Å². The lowest BCUT2D eigenvalue weighted by Crippen LogP contribution is -2.52. The molecule has 0 aromatic carbocycles. The van der Waals surface area contributed by atoms with Crippen molar-refractivity contribution in [1.82, 2.24) is 0 Å². The summed E-state index contributed by atoms with van der Waals surface area (Å²) in [7, 11) is 0. The van der Waals surface area contributed by atoms with Crippen LogP contribution in [0, 0.1) is 18.3 Å². The van der Waals surface area contributed by atoms with Gasteiger partial charge in [-0.3, -0.25) is 0 Å². The van der Waals surface area contributed by atoms with E-state index in [9.17, 15) is 0 Å². The van der Waals surface area contributed by atoms with Crippen molar-refractivity contribution >= 4 is 0 Å². The standard InChI is InChI=1S/C13H20O4/c1-3-5-11-14-7-13(8-15-11)9-16-12(6-4-2)17-10-13/h11-12H,5-10H2,1-2H3. The van der Waals surface area contributed by atoms with E-state index in [-0.39, 0.29) is 18.0 Å². The van der Waals surface area contributed by atoms with E-state index in [4.69, 9.17) is 18.9 Å². The third-order valence-corrected chi connectivity index (χ3v) is 3.04. The van der Waals surface area contributed by atoms with E-state index in [1.807, 2.05) is 13.8 Å². The lowest BCUT2D eigenvalue weighted by Gasteiger charge is -2.43. The van der Waals surface area contributed by atoms with Gasteiger partial charge in [0.05, 0.1) is 31.8 Å². The normalized spacial score (nSPS) is 38.5. The Hall–Kier alpha value is -0.160. The summed E-state index contributed by atoms with van der Waals surface area (Å²) in [5.41, 5.74) is -0.130. The average molecular weight is 240 g/mol. The predicted molar refractivity (Wildman–Crippen MR) is 60.9 cm³/mol. The molecule has 2 saturated heterocycles. The van der Waals surface area contributed by atoms with Gasteiger partial charge in [0, 0.05) is 12.8 Å². The maximum absolute atomic E-state index is 5.65. The highest BCUT2D eigenvalue weighted by atomic mass is 16.7. The zero-order valence-corrected chi connectivity index (χ0v) is 10.5. The van der Waals surface area contributed by atoms with Crippen molar-refractivity contribution in [2.75, 3.05) is 26.4 Å². The number of hydrogen-bond donors (Lipinski definition) is 0. The first-order valence-electron chi connectivity index (χ1n) is 6.04. The van der Waals surface area contributed by atoms with Crippen molar-refractivity contribution in [2.24, 2.45) is 5.41 Å². The third kappa shape index (κ3) is 3.41. The molecule has 2 fully saturated rings. The SMILES string of the molecule is C[C]CC1OCC2(CO1)COC(C[C]C)OC2. The number of ether oxygens (including phenoxy) is 4. The Morgan fingerprint density at radius 1 is 0.824 bits per heavy atom. The summed E-state index contributed by atoms with van der Waals surface area (Å²) in [6, 6.07) is 0. The maximum Gasteiger partial charge on any atom is 0.158 e. The van der Waals surface area contributed by atoms with Crippen LogP contribution in [0.15, 0.2) is 0 Å². The molecule has 17 heavy (non-hydrogen) atoms. The van der Waals surface area contributed by atoms with Gasteiger partial charge in [-0.2, -0.15) is 0 Å². The van der Waals surface area contributed by atoms with Crippen LogP contribution < -0.4 is 0 Å².